The molecule has 0 aromatic carbocycles. The SMILES string of the molecule is CC[C@H](NC(=O)[C@H](CS)NC(=O)CCC[C@H](N)C(=O)O)C(=O)O. The molecule has 0 saturated carbocycles. The van der Waals surface area contributed by atoms with E-state index in [1.165, 1.54) is 0 Å². The Balaban J connectivity index is 4.35. The molecule has 132 valence electrons. The van der Waals surface area contributed by atoms with Gasteiger partial charge in [-0.3, -0.25) is 14.4 Å². The van der Waals surface area contributed by atoms with Crippen LogP contribution in [0.5, 0.6) is 0 Å². The quantitative estimate of drug-likeness (QED) is 0.260. The Hall–Kier alpha value is -1.81. The van der Waals surface area contributed by atoms with Crippen molar-refractivity contribution in [1.29, 1.82) is 0 Å². The van der Waals surface area contributed by atoms with Crippen LogP contribution in [0.25, 0.3) is 0 Å². The maximum absolute atomic E-state index is 11.9. The minimum absolute atomic E-state index is 0.00225. The molecular weight excluding hydrogens is 326 g/mol. The second-order valence-corrected chi connectivity index (χ2v) is 5.31. The molecule has 9 nitrogen and oxygen atoms in total. The first-order valence-corrected chi connectivity index (χ1v) is 7.77. The molecule has 0 aliphatic heterocycles. The van der Waals surface area contributed by atoms with Crippen LogP contribution in [0.15, 0.2) is 0 Å². The first-order chi connectivity index (χ1) is 10.7. The summed E-state index contributed by atoms with van der Waals surface area (Å²) >= 11 is 3.96. The summed E-state index contributed by atoms with van der Waals surface area (Å²) in [7, 11) is 0. The lowest BCUT2D eigenvalue weighted by atomic mass is 10.1. The average Bonchev–Trinajstić information content (AvgIpc) is 2.49. The number of carboxylic acids is 2. The number of carbonyl (C=O) groups is 4. The van der Waals surface area contributed by atoms with E-state index in [0.717, 1.165) is 0 Å². The van der Waals surface area contributed by atoms with E-state index in [2.05, 4.69) is 23.3 Å². The summed E-state index contributed by atoms with van der Waals surface area (Å²) in [4.78, 5) is 45.1. The minimum Gasteiger partial charge on any atom is -0.480 e. The van der Waals surface area contributed by atoms with Crippen LogP contribution in [0.4, 0.5) is 0 Å². The van der Waals surface area contributed by atoms with Gasteiger partial charge in [0.05, 0.1) is 0 Å². The number of nitrogens with two attached hydrogens (primary N) is 1. The Morgan fingerprint density at radius 2 is 1.70 bits per heavy atom. The fourth-order valence-electron chi connectivity index (χ4n) is 1.68. The van der Waals surface area contributed by atoms with Crippen molar-refractivity contribution < 1.29 is 29.4 Å². The molecule has 0 saturated heterocycles. The molecular formula is C13H23N3O6S. The first kappa shape index (κ1) is 21.2. The van der Waals surface area contributed by atoms with E-state index >= 15 is 0 Å². The third kappa shape index (κ3) is 8.41. The van der Waals surface area contributed by atoms with Gasteiger partial charge in [-0.2, -0.15) is 12.6 Å². The highest BCUT2D eigenvalue weighted by atomic mass is 32.1. The Kier molecular flexibility index (Phi) is 9.99. The van der Waals surface area contributed by atoms with Crippen molar-refractivity contribution in [3.63, 3.8) is 0 Å². The van der Waals surface area contributed by atoms with E-state index in [1.807, 2.05) is 0 Å². The molecule has 3 atom stereocenters. The highest BCUT2D eigenvalue weighted by Gasteiger charge is 2.24. The lowest BCUT2D eigenvalue weighted by Gasteiger charge is -2.19. The molecule has 0 heterocycles. The molecule has 0 bridgehead atoms. The molecule has 0 rings (SSSR count). The number of carbonyl (C=O) groups excluding carboxylic acids is 2. The van der Waals surface area contributed by atoms with Crippen molar-refractivity contribution in [2.45, 2.75) is 50.7 Å². The van der Waals surface area contributed by atoms with Crippen LogP contribution in [0.1, 0.15) is 32.6 Å². The van der Waals surface area contributed by atoms with Gasteiger partial charge >= 0.3 is 11.9 Å². The highest BCUT2D eigenvalue weighted by molar-refractivity contribution is 7.80. The number of carboxylic acid groups (broad SMARTS) is 2. The van der Waals surface area contributed by atoms with Gasteiger partial charge in [0.1, 0.15) is 18.1 Å². The van der Waals surface area contributed by atoms with Gasteiger partial charge in [0.15, 0.2) is 0 Å². The predicted octanol–water partition coefficient (Wildman–Crippen LogP) is -1.04. The summed E-state index contributed by atoms with van der Waals surface area (Å²) < 4.78 is 0. The highest BCUT2D eigenvalue weighted by Crippen LogP contribution is 2.01. The Morgan fingerprint density at radius 1 is 1.09 bits per heavy atom. The normalized spacial score (nSPS) is 14.4. The Bertz CT molecular complexity index is 445. The second kappa shape index (κ2) is 10.8. The minimum atomic E-state index is -1.16. The molecule has 0 aliphatic carbocycles. The maximum Gasteiger partial charge on any atom is 0.326 e. The van der Waals surface area contributed by atoms with Crippen LogP contribution < -0.4 is 16.4 Å². The number of thiol groups is 1. The lowest BCUT2D eigenvalue weighted by molar-refractivity contribution is -0.142. The monoisotopic (exact) mass is 349 g/mol. The van der Waals surface area contributed by atoms with Crippen LogP contribution in [0.2, 0.25) is 0 Å². The van der Waals surface area contributed by atoms with E-state index in [1.54, 1.807) is 6.92 Å². The molecule has 0 fully saturated rings. The van der Waals surface area contributed by atoms with Crippen molar-refractivity contribution in [1.82, 2.24) is 10.6 Å². The number of hydrogen-bond acceptors (Lipinski definition) is 6. The number of nitrogens with one attached hydrogen (secondary N) is 2. The summed E-state index contributed by atoms with van der Waals surface area (Å²) in [5.74, 6) is -3.39. The molecule has 0 radical (unpaired) electrons. The molecule has 0 aromatic heterocycles. The molecule has 2 amide bonds. The molecule has 0 aliphatic rings. The fourth-order valence-corrected chi connectivity index (χ4v) is 1.93. The predicted molar refractivity (Wildman–Crippen MR) is 85.1 cm³/mol. The number of rotatable bonds is 11. The number of hydrogen-bond donors (Lipinski definition) is 6. The van der Waals surface area contributed by atoms with Gasteiger partial charge in [0.2, 0.25) is 11.8 Å². The lowest BCUT2D eigenvalue weighted by Crippen LogP contribution is -2.52. The van der Waals surface area contributed by atoms with Crippen LogP contribution in [0.3, 0.4) is 0 Å². The topological polar surface area (TPSA) is 159 Å². The van der Waals surface area contributed by atoms with Crippen molar-refractivity contribution in [2.75, 3.05) is 5.75 Å². The average molecular weight is 349 g/mol. The number of aliphatic carboxylic acids is 2. The van der Waals surface area contributed by atoms with Gasteiger partial charge in [0, 0.05) is 12.2 Å². The summed E-state index contributed by atoms with van der Waals surface area (Å²) in [6, 6.07) is -3.03. The molecule has 23 heavy (non-hydrogen) atoms. The van der Waals surface area contributed by atoms with Gasteiger partial charge < -0.3 is 26.6 Å². The summed E-state index contributed by atoms with van der Waals surface area (Å²) in [6.45, 7) is 1.61. The zero-order valence-corrected chi connectivity index (χ0v) is 13.7. The second-order valence-electron chi connectivity index (χ2n) is 4.95. The third-order valence-corrected chi connectivity index (χ3v) is 3.46. The van der Waals surface area contributed by atoms with Crippen molar-refractivity contribution in [3.05, 3.63) is 0 Å². The Labute approximate surface area is 139 Å². The van der Waals surface area contributed by atoms with Gasteiger partial charge in [-0.25, -0.2) is 4.79 Å². The van der Waals surface area contributed by atoms with Crippen molar-refractivity contribution >= 4 is 36.4 Å². The van der Waals surface area contributed by atoms with Crippen LogP contribution in [-0.2, 0) is 19.2 Å². The zero-order valence-electron chi connectivity index (χ0n) is 12.8. The standard InChI is InChI=1S/C13H23N3O6S/c1-2-8(13(21)22)16-11(18)9(6-23)15-10(17)5-3-4-7(14)12(19)20/h7-9,23H,2-6,14H2,1H3,(H,15,17)(H,16,18)(H,19,20)(H,21,22)/t7-,8-,9-/m0/s1. The van der Waals surface area contributed by atoms with Crippen LogP contribution in [-0.4, -0.2) is 57.8 Å². The summed E-state index contributed by atoms with van der Waals surface area (Å²) in [5.41, 5.74) is 5.31. The molecule has 6 N–H and O–H groups in total. The van der Waals surface area contributed by atoms with Crippen molar-refractivity contribution in [3.8, 4) is 0 Å². The van der Waals surface area contributed by atoms with E-state index in [9.17, 15) is 19.2 Å². The van der Waals surface area contributed by atoms with Gasteiger partial charge in [0.25, 0.3) is 0 Å². The van der Waals surface area contributed by atoms with Gasteiger partial charge in [-0.05, 0) is 19.3 Å². The molecule has 0 unspecified atom stereocenters. The third-order valence-electron chi connectivity index (χ3n) is 3.09. The van der Waals surface area contributed by atoms with E-state index in [0.29, 0.717) is 0 Å². The molecule has 10 heteroatoms. The van der Waals surface area contributed by atoms with Gasteiger partial charge in [-0.15, -0.1) is 0 Å². The van der Waals surface area contributed by atoms with E-state index in [4.69, 9.17) is 15.9 Å². The zero-order chi connectivity index (χ0) is 18.0. The largest absolute Gasteiger partial charge is 0.480 e. The van der Waals surface area contributed by atoms with Crippen LogP contribution >= 0.6 is 12.6 Å². The summed E-state index contributed by atoms with van der Waals surface area (Å²) in [5, 5.41) is 22.3. The first-order valence-electron chi connectivity index (χ1n) is 7.14. The van der Waals surface area contributed by atoms with Gasteiger partial charge in [-0.1, -0.05) is 6.92 Å². The smallest absolute Gasteiger partial charge is 0.326 e. The van der Waals surface area contributed by atoms with E-state index < -0.39 is 41.9 Å². The number of amides is 2. The maximum atomic E-state index is 11.9. The van der Waals surface area contributed by atoms with E-state index in [-0.39, 0.29) is 31.4 Å². The fraction of sp³-hybridized carbons (Fsp3) is 0.692. The molecule has 0 aromatic rings. The Morgan fingerprint density at radius 3 is 2.13 bits per heavy atom. The molecule has 0 spiro atoms. The van der Waals surface area contributed by atoms with Crippen LogP contribution in [0, 0.1) is 0 Å². The summed E-state index contributed by atoms with van der Waals surface area (Å²) in [6.07, 6.45) is 0.612. The van der Waals surface area contributed by atoms with Crippen molar-refractivity contribution in [2.24, 2.45) is 5.73 Å².